The summed E-state index contributed by atoms with van der Waals surface area (Å²) in [6, 6.07) is 0.238. The Labute approximate surface area is 123 Å². The summed E-state index contributed by atoms with van der Waals surface area (Å²) in [4.78, 5) is 14.5. The van der Waals surface area contributed by atoms with Crippen LogP contribution < -0.4 is 11.1 Å². The molecule has 0 bridgehead atoms. The number of hydrogen-bond donors (Lipinski definition) is 2. The van der Waals surface area contributed by atoms with E-state index in [2.05, 4.69) is 24.1 Å². The number of likely N-dealkylation sites (tertiary alicyclic amines) is 1. The summed E-state index contributed by atoms with van der Waals surface area (Å²) < 4.78 is 0. The van der Waals surface area contributed by atoms with Crippen LogP contribution in [0.4, 0.5) is 0 Å². The molecule has 0 aromatic rings. The number of nitrogens with two attached hydrogens (primary N) is 1. The Bertz CT molecular complexity index is 311. The van der Waals surface area contributed by atoms with Crippen LogP contribution in [0.15, 0.2) is 0 Å². The van der Waals surface area contributed by atoms with Crippen molar-refractivity contribution in [3.63, 3.8) is 0 Å². The standard InChI is InChI=1S/C16H31N3O/c1-12-8-13(2)11-19(10-12)7-3-6-18-16(20)14-4-5-15(17)9-14/h12-15H,3-11,17H2,1-2H3,(H,18,20). The van der Waals surface area contributed by atoms with Crippen LogP contribution in [-0.4, -0.2) is 43.0 Å². The molecule has 1 aliphatic heterocycles. The van der Waals surface area contributed by atoms with Crippen molar-refractivity contribution in [2.75, 3.05) is 26.2 Å². The first-order valence-electron chi connectivity index (χ1n) is 8.30. The van der Waals surface area contributed by atoms with Gasteiger partial charge >= 0.3 is 0 Å². The SMILES string of the molecule is CC1CC(C)CN(CCCNC(=O)C2CCC(N)C2)C1. The van der Waals surface area contributed by atoms with Gasteiger partial charge in [0.15, 0.2) is 0 Å². The molecule has 1 saturated heterocycles. The molecule has 0 radical (unpaired) electrons. The smallest absolute Gasteiger partial charge is 0.223 e. The lowest BCUT2D eigenvalue weighted by atomic mass is 9.92. The lowest BCUT2D eigenvalue weighted by Crippen LogP contribution is -2.40. The maximum Gasteiger partial charge on any atom is 0.223 e. The van der Waals surface area contributed by atoms with E-state index in [0.717, 1.165) is 50.6 Å². The third-order valence-corrected chi connectivity index (χ3v) is 4.74. The van der Waals surface area contributed by atoms with Gasteiger partial charge in [-0.25, -0.2) is 0 Å². The first-order chi connectivity index (χ1) is 9.54. The third kappa shape index (κ3) is 4.74. The lowest BCUT2D eigenvalue weighted by molar-refractivity contribution is -0.124. The highest BCUT2D eigenvalue weighted by Crippen LogP contribution is 2.24. The fourth-order valence-electron chi connectivity index (χ4n) is 3.89. The number of rotatable bonds is 5. The minimum absolute atomic E-state index is 0.167. The zero-order valence-corrected chi connectivity index (χ0v) is 13.1. The van der Waals surface area contributed by atoms with Gasteiger partial charge in [-0.1, -0.05) is 13.8 Å². The zero-order chi connectivity index (χ0) is 14.5. The van der Waals surface area contributed by atoms with Crippen molar-refractivity contribution in [3.05, 3.63) is 0 Å². The van der Waals surface area contributed by atoms with Gasteiger partial charge in [0.25, 0.3) is 0 Å². The minimum Gasteiger partial charge on any atom is -0.356 e. The molecule has 4 nitrogen and oxygen atoms in total. The van der Waals surface area contributed by atoms with E-state index in [1.807, 2.05) is 0 Å². The number of amides is 1. The van der Waals surface area contributed by atoms with E-state index >= 15 is 0 Å². The summed E-state index contributed by atoms with van der Waals surface area (Å²) in [5.74, 6) is 2.01. The van der Waals surface area contributed by atoms with Gasteiger partial charge in [-0.2, -0.15) is 0 Å². The molecular weight excluding hydrogens is 250 g/mol. The van der Waals surface area contributed by atoms with Crippen LogP contribution in [0.3, 0.4) is 0 Å². The summed E-state index contributed by atoms with van der Waals surface area (Å²) in [5, 5.41) is 3.09. The largest absolute Gasteiger partial charge is 0.356 e. The van der Waals surface area contributed by atoms with Gasteiger partial charge in [0, 0.05) is 31.6 Å². The van der Waals surface area contributed by atoms with Crippen molar-refractivity contribution in [1.29, 1.82) is 0 Å². The van der Waals surface area contributed by atoms with Gasteiger partial charge in [-0.15, -0.1) is 0 Å². The van der Waals surface area contributed by atoms with Gasteiger partial charge < -0.3 is 16.0 Å². The average molecular weight is 281 g/mol. The van der Waals surface area contributed by atoms with Gasteiger partial charge in [0.2, 0.25) is 5.91 Å². The summed E-state index contributed by atoms with van der Waals surface area (Å²) in [6.07, 6.45) is 5.25. The summed E-state index contributed by atoms with van der Waals surface area (Å²) >= 11 is 0. The van der Waals surface area contributed by atoms with Crippen molar-refractivity contribution < 1.29 is 4.79 Å². The number of nitrogens with zero attached hydrogens (tertiary/aromatic N) is 1. The maximum atomic E-state index is 12.0. The normalized spacial score (nSPS) is 35.1. The molecule has 4 atom stereocenters. The Morgan fingerprint density at radius 1 is 1.20 bits per heavy atom. The Balaban J connectivity index is 1.58. The molecule has 0 aromatic heterocycles. The first kappa shape index (κ1) is 15.8. The Hall–Kier alpha value is -0.610. The topological polar surface area (TPSA) is 58.4 Å². The molecule has 1 aliphatic carbocycles. The average Bonchev–Trinajstić information content (AvgIpc) is 2.80. The monoisotopic (exact) mass is 281 g/mol. The highest BCUT2D eigenvalue weighted by atomic mass is 16.1. The van der Waals surface area contributed by atoms with E-state index < -0.39 is 0 Å². The minimum atomic E-state index is 0.167. The highest BCUT2D eigenvalue weighted by Gasteiger charge is 2.27. The fourth-order valence-corrected chi connectivity index (χ4v) is 3.89. The molecule has 116 valence electrons. The molecule has 2 rings (SSSR count). The second kappa shape index (κ2) is 7.41. The van der Waals surface area contributed by atoms with E-state index in [1.54, 1.807) is 0 Å². The molecule has 2 fully saturated rings. The number of hydrogen-bond acceptors (Lipinski definition) is 3. The number of nitrogens with one attached hydrogen (secondary N) is 1. The predicted octanol–water partition coefficient (Wildman–Crippen LogP) is 1.60. The highest BCUT2D eigenvalue weighted by molar-refractivity contribution is 5.78. The van der Waals surface area contributed by atoms with Crippen molar-refractivity contribution >= 4 is 5.91 Å². The van der Waals surface area contributed by atoms with Crippen LogP contribution in [0, 0.1) is 17.8 Å². The maximum absolute atomic E-state index is 12.0. The number of piperidine rings is 1. The molecule has 1 amide bonds. The van der Waals surface area contributed by atoms with Gasteiger partial charge in [-0.3, -0.25) is 4.79 Å². The van der Waals surface area contributed by atoms with Gasteiger partial charge in [0.1, 0.15) is 0 Å². The molecule has 2 aliphatic rings. The van der Waals surface area contributed by atoms with E-state index in [4.69, 9.17) is 5.73 Å². The van der Waals surface area contributed by atoms with Crippen LogP contribution in [0.1, 0.15) is 46.0 Å². The molecule has 0 spiro atoms. The summed E-state index contributed by atoms with van der Waals surface area (Å²) in [5.41, 5.74) is 5.85. The molecule has 3 N–H and O–H groups in total. The molecule has 4 unspecified atom stereocenters. The van der Waals surface area contributed by atoms with Crippen LogP contribution in [0.25, 0.3) is 0 Å². The Morgan fingerprint density at radius 2 is 1.90 bits per heavy atom. The van der Waals surface area contributed by atoms with Crippen LogP contribution >= 0.6 is 0 Å². The van der Waals surface area contributed by atoms with Gasteiger partial charge in [-0.05, 0) is 50.5 Å². The zero-order valence-electron chi connectivity index (χ0n) is 13.1. The van der Waals surface area contributed by atoms with Crippen molar-refractivity contribution in [1.82, 2.24) is 10.2 Å². The fraction of sp³-hybridized carbons (Fsp3) is 0.938. The Kier molecular flexibility index (Phi) is 5.85. The third-order valence-electron chi connectivity index (χ3n) is 4.74. The second-order valence-corrected chi connectivity index (χ2v) is 7.12. The van der Waals surface area contributed by atoms with Crippen LogP contribution in [0.5, 0.6) is 0 Å². The summed E-state index contributed by atoms with van der Waals surface area (Å²) in [6.45, 7) is 9.04. The predicted molar refractivity (Wildman–Crippen MR) is 82.3 cm³/mol. The van der Waals surface area contributed by atoms with Crippen molar-refractivity contribution in [3.8, 4) is 0 Å². The number of carbonyl (C=O) groups is 1. The summed E-state index contributed by atoms with van der Waals surface area (Å²) in [7, 11) is 0. The lowest BCUT2D eigenvalue weighted by Gasteiger charge is -2.34. The van der Waals surface area contributed by atoms with Crippen molar-refractivity contribution in [2.24, 2.45) is 23.5 Å². The Morgan fingerprint density at radius 3 is 2.50 bits per heavy atom. The molecule has 20 heavy (non-hydrogen) atoms. The van der Waals surface area contributed by atoms with Crippen LogP contribution in [0.2, 0.25) is 0 Å². The van der Waals surface area contributed by atoms with Crippen molar-refractivity contribution in [2.45, 2.75) is 52.0 Å². The second-order valence-electron chi connectivity index (χ2n) is 7.12. The molecule has 1 heterocycles. The van der Waals surface area contributed by atoms with E-state index in [9.17, 15) is 4.79 Å². The number of carbonyl (C=O) groups excluding carboxylic acids is 1. The van der Waals surface area contributed by atoms with Crippen LogP contribution in [-0.2, 0) is 4.79 Å². The molecule has 0 aromatic carbocycles. The van der Waals surface area contributed by atoms with Gasteiger partial charge in [0.05, 0.1) is 0 Å². The molecule has 4 heteroatoms. The van der Waals surface area contributed by atoms with E-state index in [0.29, 0.717) is 0 Å². The molecular formula is C16H31N3O. The molecule has 1 saturated carbocycles. The first-order valence-corrected chi connectivity index (χ1v) is 8.30. The quantitative estimate of drug-likeness (QED) is 0.753. The van der Waals surface area contributed by atoms with E-state index in [-0.39, 0.29) is 17.9 Å². The van der Waals surface area contributed by atoms with E-state index in [1.165, 1.54) is 19.5 Å².